The number of carboxylic acids is 1. The van der Waals surface area contributed by atoms with Crippen LogP contribution in [0.2, 0.25) is 0 Å². The Morgan fingerprint density at radius 1 is 1.67 bits per heavy atom. The molecule has 7 heteroatoms. The number of pyridine rings is 1. The van der Waals surface area contributed by atoms with Crippen LogP contribution in [0.5, 0.6) is 0 Å². The lowest BCUT2D eigenvalue weighted by atomic mass is 10.3. The predicted molar refractivity (Wildman–Crippen MR) is 54.0 cm³/mol. The van der Waals surface area contributed by atoms with Gasteiger partial charge in [-0.05, 0) is 13.0 Å². The molecule has 0 aliphatic rings. The van der Waals surface area contributed by atoms with Crippen LogP contribution in [0.15, 0.2) is 17.2 Å². The summed E-state index contributed by atoms with van der Waals surface area (Å²) in [5.74, 6) is -1.05. The van der Waals surface area contributed by atoms with E-state index in [0.29, 0.717) is 5.03 Å². The fourth-order valence-electron chi connectivity index (χ4n) is 0.940. The van der Waals surface area contributed by atoms with E-state index >= 15 is 0 Å². The van der Waals surface area contributed by atoms with E-state index in [1.807, 2.05) is 0 Å². The fourth-order valence-corrected chi connectivity index (χ4v) is 1.58. The number of rotatable bonds is 4. The van der Waals surface area contributed by atoms with Crippen molar-refractivity contribution in [2.45, 2.75) is 11.9 Å². The standard InChI is InChI=1S/C8H8N2O4S/c1-5-6(10(13)14)2-3-7(9-5)15-4-8(11)12/h2-3H,4H2,1H3,(H,11,12). The smallest absolute Gasteiger partial charge is 0.313 e. The van der Waals surface area contributed by atoms with E-state index in [1.165, 1.54) is 19.1 Å². The van der Waals surface area contributed by atoms with Gasteiger partial charge in [-0.2, -0.15) is 0 Å². The molecule has 0 aliphatic carbocycles. The summed E-state index contributed by atoms with van der Waals surface area (Å²) < 4.78 is 0. The zero-order valence-corrected chi connectivity index (χ0v) is 8.65. The largest absolute Gasteiger partial charge is 0.481 e. The van der Waals surface area contributed by atoms with E-state index in [9.17, 15) is 14.9 Å². The first-order valence-corrected chi connectivity index (χ1v) is 4.96. The number of hydrogen-bond donors (Lipinski definition) is 1. The van der Waals surface area contributed by atoms with Crippen LogP contribution in [-0.2, 0) is 4.79 Å². The summed E-state index contributed by atoms with van der Waals surface area (Å²) in [6, 6.07) is 2.77. The van der Waals surface area contributed by atoms with Crippen molar-refractivity contribution in [1.29, 1.82) is 0 Å². The molecule has 1 aromatic heterocycles. The maximum atomic E-state index is 10.5. The summed E-state index contributed by atoms with van der Waals surface area (Å²) in [7, 11) is 0. The van der Waals surface area contributed by atoms with E-state index in [2.05, 4.69) is 4.98 Å². The van der Waals surface area contributed by atoms with Gasteiger partial charge in [-0.25, -0.2) is 4.98 Å². The lowest BCUT2D eigenvalue weighted by Crippen LogP contribution is -1.99. The highest BCUT2D eigenvalue weighted by Gasteiger charge is 2.12. The average Bonchev–Trinajstić information content (AvgIpc) is 2.14. The lowest BCUT2D eigenvalue weighted by molar-refractivity contribution is -0.385. The molecule has 1 rings (SSSR count). The Labute approximate surface area is 89.5 Å². The minimum absolute atomic E-state index is 0.0605. The minimum atomic E-state index is -0.946. The molecule has 1 heterocycles. The molecule has 0 radical (unpaired) electrons. The number of carbonyl (C=O) groups is 1. The fraction of sp³-hybridized carbons (Fsp3) is 0.250. The Morgan fingerprint density at radius 2 is 2.33 bits per heavy atom. The van der Waals surface area contributed by atoms with Crippen LogP contribution < -0.4 is 0 Å². The normalized spacial score (nSPS) is 9.93. The summed E-state index contributed by atoms with van der Waals surface area (Å²) >= 11 is 1.03. The van der Waals surface area contributed by atoms with Crippen molar-refractivity contribution in [2.75, 3.05) is 5.75 Å². The van der Waals surface area contributed by atoms with Gasteiger partial charge in [0, 0.05) is 6.07 Å². The number of carboxylic acid groups (broad SMARTS) is 1. The van der Waals surface area contributed by atoms with Crippen molar-refractivity contribution in [3.63, 3.8) is 0 Å². The number of aromatic nitrogens is 1. The third kappa shape index (κ3) is 3.21. The van der Waals surface area contributed by atoms with Crippen LogP contribution >= 0.6 is 11.8 Å². The Balaban J connectivity index is 2.82. The Kier molecular flexibility index (Phi) is 3.62. The molecule has 0 amide bonds. The molecule has 80 valence electrons. The predicted octanol–water partition coefficient (Wildman–Crippen LogP) is 1.47. The highest BCUT2D eigenvalue weighted by Crippen LogP contribution is 2.21. The third-order valence-electron chi connectivity index (χ3n) is 1.57. The Hall–Kier alpha value is -1.63. The zero-order chi connectivity index (χ0) is 11.4. The van der Waals surface area contributed by atoms with Crippen molar-refractivity contribution in [3.8, 4) is 0 Å². The van der Waals surface area contributed by atoms with Crippen molar-refractivity contribution in [1.82, 2.24) is 4.98 Å². The van der Waals surface area contributed by atoms with E-state index in [1.54, 1.807) is 0 Å². The molecule has 0 saturated carbocycles. The Bertz CT molecular complexity index is 408. The van der Waals surface area contributed by atoms with Gasteiger partial charge in [0.05, 0.1) is 15.7 Å². The molecule has 0 bridgehead atoms. The van der Waals surface area contributed by atoms with Gasteiger partial charge in [0.25, 0.3) is 5.69 Å². The molecule has 6 nitrogen and oxygen atoms in total. The maximum Gasteiger partial charge on any atom is 0.313 e. The van der Waals surface area contributed by atoms with Crippen LogP contribution in [0.4, 0.5) is 5.69 Å². The van der Waals surface area contributed by atoms with Crippen molar-refractivity contribution in [3.05, 3.63) is 27.9 Å². The second-order valence-corrected chi connectivity index (χ2v) is 3.69. The summed E-state index contributed by atoms with van der Waals surface area (Å²) in [6.45, 7) is 1.52. The van der Waals surface area contributed by atoms with E-state index in [0.717, 1.165) is 11.8 Å². The summed E-state index contributed by atoms with van der Waals surface area (Å²) in [6.07, 6.45) is 0. The molecule has 1 N–H and O–H groups in total. The first-order valence-electron chi connectivity index (χ1n) is 3.97. The maximum absolute atomic E-state index is 10.5. The molecule has 0 atom stereocenters. The highest BCUT2D eigenvalue weighted by atomic mass is 32.2. The number of thioether (sulfide) groups is 1. The third-order valence-corrected chi connectivity index (χ3v) is 2.49. The molecule has 0 fully saturated rings. The SMILES string of the molecule is Cc1nc(SCC(=O)O)ccc1[N+](=O)[O-]. The second kappa shape index (κ2) is 4.74. The van der Waals surface area contributed by atoms with Gasteiger partial charge in [-0.1, -0.05) is 11.8 Å². The van der Waals surface area contributed by atoms with Crippen molar-refractivity contribution < 1.29 is 14.8 Å². The number of nitrogens with zero attached hydrogens (tertiary/aromatic N) is 2. The number of aliphatic carboxylic acids is 1. The number of aryl methyl sites for hydroxylation is 1. The van der Waals surface area contributed by atoms with E-state index in [4.69, 9.17) is 5.11 Å². The van der Waals surface area contributed by atoms with Crippen molar-refractivity contribution >= 4 is 23.4 Å². The molecular formula is C8H8N2O4S. The van der Waals surface area contributed by atoms with Crippen molar-refractivity contribution in [2.24, 2.45) is 0 Å². The summed E-state index contributed by atoms with van der Waals surface area (Å²) in [4.78, 5) is 24.1. The van der Waals surface area contributed by atoms with Crippen LogP contribution in [0.3, 0.4) is 0 Å². The molecule has 15 heavy (non-hydrogen) atoms. The van der Waals surface area contributed by atoms with Crippen LogP contribution in [0, 0.1) is 17.0 Å². The van der Waals surface area contributed by atoms with Gasteiger partial charge in [0.15, 0.2) is 0 Å². The van der Waals surface area contributed by atoms with Crippen LogP contribution in [-0.4, -0.2) is 26.7 Å². The molecule has 0 unspecified atom stereocenters. The Morgan fingerprint density at radius 3 is 2.80 bits per heavy atom. The quantitative estimate of drug-likeness (QED) is 0.476. The van der Waals surface area contributed by atoms with Gasteiger partial charge in [-0.15, -0.1) is 0 Å². The zero-order valence-electron chi connectivity index (χ0n) is 7.84. The van der Waals surface area contributed by atoms with Gasteiger partial charge in [-0.3, -0.25) is 14.9 Å². The molecular weight excluding hydrogens is 220 g/mol. The van der Waals surface area contributed by atoms with Gasteiger partial charge in [0.1, 0.15) is 5.69 Å². The first kappa shape index (κ1) is 11.4. The lowest BCUT2D eigenvalue weighted by Gasteiger charge is -2.00. The number of nitro groups is 1. The second-order valence-electron chi connectivity index (χ2n) is 2.69. The molecule has 0 spiro atoms. The highest BCUT2D eigenvalue weighted by molar-refractivity contribution is 7.99. The van der Waals surface area contributed by atoms with Gasteiger partial charge in [0.2, 0.25) is 0 Å². The summed E-state index contributed by atoms with van der Waals surface area (Å²) in [5.41, 5.74) is 0.227. The minimum Gasteiger partial charge on any atom is -0.481 e. The topological polar surface area (TPSA) is 93.3 Å². The summed E-state index contributed by atoms with van der Waals surface area (Å²) in [5, 5.41) is 19.4. The average molecular weight is 228 g/mol. The monoisotopic (exact) mass is 228 g/mol. The molecule has 1 aromatic rings. The van der Waals surface area contributed by atoms with Crippen LogP contribution in [0.25, 0.3) is 0 Å². The van der Waals surface area contributed by atoms with E-state index < -0.39 is 10.9 Å². The van der Waals surface area contributed by atoms with Gasteiger partial charge >= 0.3 is 5.97 Å². The van der Waals surface area contributed by atoms with Crippen LogP contribution in [0.1, 0.15) is 5.69 Å². The van der Waals surface area contributed by atoms with Gasteiger partial charge < -0.3 is 5.11 Å². The molecule has 0 aliphatic heterocycles. The number of hydrogen-bond acceptors (Lipinski definition) is 5. The first-order chi connectivity index (χ1) is 7.00. The van der Waals surface area contributed by atoms with E-state index in [-0.39, 0.29) is 17.1 Å². The molecule has 0 aromatic carbocycles. The molecule has 0 saturated heterocycles.